The molecule has 8 atom stereocenters. The molecule has 2 heteroatoms. The summed E-state index contributed by atoms with van der Waals surface area (Å²) in [6.07, 6.45) is 10.4. The van der Waals surface area contributed by atoms with Gasteiger partial charge in [-0.2, -0.15) is 25.3 Å². The molecule has 0 aromatic carbocycles. The zero-order valence-electron chi connectivity index (χ0n) is 10.3. The normalized spacial score (nSPS) is 70.9. The molecule has 0 heterocycles. The summed E-state index contributed by atoms with van der Waals surface area (Å²) in [5, 5.41) is 0. The lowest BCUT2D eigenvalue weighted by Gasteiger charge is -2.58. The molecule has 0 amide bonds. The SMILES string of the molecule is SC12CC1(S)C1CC3C4CCCCC4CC2C31. The maximum atomic E-state index is 5.10. The highest BCUT2D eigenvalue weighted by Crippen LogP contribution is 2.83. The molecule has 0 aromatic rings. The fourth-order valence-electron chi connectivity index (χ4n) is 6.62. The van der Waals surface area contributed by atoms with Gasteiger partial charge < -0.3 is 0 Å². The van der Waals surface area contributed by atoms with Crippen molar-refractivity contribution in [2.75, 3.05) is 0 Å². The molecule has 94 valence electrons. The summed E-state index contributed by atoms with van der Waals surface area (Å²) in [6, 6.07) is 0. The number of rotatable bonds is 0. The first-order chi connectivity index (χ1) is 8.15. The maximum Gasteiger partial charge on any atom is 0.0322 e. The Balaban J connectivity index is 1.54. The van der Waals surface area contributed by atoms with Crippen molar-refractivity contribution in [1.29, 1.82) is 0 Å². The highest BCUT2D eigenvalue weighted by molar-refractivity contribution is 7.87. The second-order valence-corrected chi connectivity index (χ2v) is 9.26. The molecule has 5 fully saturated rings. The molecular weight excluding hydrogens is 244 g/mol. The molecule has 0 bridgehead atoms. The molecule has 5 aliphatic carbocycles. The first kappa shape index (κ1) is 10.5. The quantitative estimate of drug-likeness (QED) is 0.612. The summed E-state index contributed by atoms with van der Waals surface area (Å²) < 4.78 is 0.706. The molecule has 0 radical (unpaired) electrons. The molecular formula is C15H22S2. The van der Waals surface area contributed by atoms with Gasteiger partial charge in [-0.1, -0.05) is 19.3 Å². The second kappa shape index (κ2) is 2.90. The average Bonchev–Trinajstić information content (AvgIpc) is 2.77. The number of hydrogen-bond acceptors (Lipinski definition) is 2. The maximum absolute atomic E-state index is 5.10. The lowest BCUT2D eigenvalue weighted by Crippen LogP contribution is -2.52. The summed E-state index contributed by atoms with van der Waals surface area (Å²) in [5.74, 6) is 6.18. The smallest absolute Gasteiger partial charge is 0.0322 e. The molecule has 0 N–H and O–H groups in total. The first-order valence-corrected chi connectivity index (χ1v) is 8.49. The third kappa shape index (κ3) is 0.979. The highest BCUT2D eigenvalue weighted by Gasteiger charge is 2.82. The van der Waals surface area contributed by atoms with E-state index in [1.807, 2.05) is 0 Å². The summed E-state index contributed by atoms with van der Waals surface area (Å²) in [5.41, 5.74) is 0. The molecule has 0 saturated heterocycles. The van der Waals surface area contributed by atoms with Crippen LogP contribution in [0.25, 0.3) is 0 Å². The number of hydrogen-bond donors (Lipinski definition) is 2. The summed E-state index contributed by atoms with van der Waals surface area (Å²) in [6.45, 7) is 0. The van der Waals surface area contributed by atoms with Gasteiger partial charge in [0.05, 0.1) is 0 Å². The monoisotopic (exact) mass is 266 g/mol. The van der Waals surface area contributed by atoms with Crippen molar-refractivity contribution in [2.45, 2.75) is 54.4 Å². The van der Waals surface area contributed by atoms with Gasteiger partial charge in [0.2, 0.25) is 0 Å². The minimum atomic E-state index is 0.350. The van der Waals surface area contributed by atoms with Crippen molar-refractivity contribution in [2.24, 2.45) is 35.5 Å². The van der Waals surface area contributed by atoms with Gasteiger partial charge in [-0.25, -0.2) is 0 Å². The predicted molar refractivity (Wildman–Crippen MR) is 76.7 cm³/mol. The predicted octanol–water partition coefficient (Wildman–Crippen LogP) is 3.82. The van der Waals surface area contributed by atoms with E-state index in [9.17, 15) is 0 Å². The summed E-state index contributed by atoms with van der Waals surface area (Å²) in [7, 11) is 0. The van der Waals surface area contributed by atoms with Crippen LogP contribution in [0.3, 0.4) is 0 Å². The Morgan fingerprint density at radius 3 is 2.35 bits per heavy atom. The van der Waals surface area contributed by atoms with Gasteiger partial charge in [0.25, 0.3) is 0 Å². The van der Waals surface area contributed by atoms with Crippen molar-refractivity contribution < 1.29 is 0 Å². The number of thiol groups is 2. The van der Waals surface area contributed by atoms with Crippen LogP contribution in [0.2, 0.25) is 0 Å². The van der Waals surface area contributed by atoms with Crippen LogP contribution in [0.1, 0.15) is 44.9 Å². The topological polar surface area (TPSA) is 0 Å². The number of fused-ring (bicyclic) bond motifs is 5. The molecule has 5 aliphatic rings. The molecule has 0 aliphatic heterocycles. The van der Waals surface area contributed by atoms with Crippen molar-refractivity contribution >= 4 is 25.3 Å². The zero-order chi connectivity index (χ0) is 11.4. The minimum absolute atomic E-state index is 0.350. The largest absolute Gasteiger partial charge is 0.171 e. The Morgan fingerprint density at radius 1 is 0.824 bits per heavy atom. The molecule has 17 heavy (non-hydrogen) atoms. The van der Waals surface area contributed by atoms with E-state index in [1.165, 1.54) is 38.5 Å². The highest BCUT2D eigenvalue weighted by atomic mass is 32.1. The molecule has 0 spiro atoms. The Hall–Kier alpha value is 0.700. The standard InChI is InChI=1S/C15H22S2/c16-14-7-15(14,17)12-6-10-9-4-2-1-3-8(9)5-11(14)13(10)12/h8-13,16-17H,1-7H2. The molecule has 0 nitrogen and oxygen atoms in total. The van der Waals surface area contributed by atoms with E-state index in [0.29, 0.717) is 9.49 Å². The van der Waals surface area contributed by atoms with Gasteiger partial charge in [0, 0.05) is 9.49 Å². The molecule has 5 rings (SSSR count). The van der Waals surface area contributed by atoms with Crippen LogP contribution in [-0.4, -0.2) is 9.49 Å². The zero-order valence-corrected chi connectivity index (χ0v) is 12.1. The van der Waals surface area contributed by atoms with Gasteiger partial charge in [-0.05, 0) is 61.2 Å². The van der Waals surface area contributed by atoms with Gasteiger partial charge in [-0.15, -0.1) is 0 Å². The van der Waals surface area contributed by atoms with E-state index in [1.54, 1.807) is 6.42 Å². The van der Waals surface area contributed by atoms with Crippen molar-refractivity contribution in [1.82, 2.24) is 0 Å². The molecule has 8 unspecified atom stereocenters. The van der Waals surface area contributed by atoms with E-state index < -0.39 is 0 Å². The molecule has 5 saturated carbocycles. The third-order valence-electron chi connectivity index (χ3n) is 7.41. The van der Waals surface area contributed by atoms with Crippen LogP contribution in [-0.2, 0) is 0 Å². The van der Waals surface area contributed by atoms with E-state index in [2.05, 4.69) is 0 Å². The Labute approximate surface area is 115 Å². The van der Waals surface area contributed by atoms with Gasteiger partial charge in [0.15, 0.2) is 0 Å². The van der Waals surface area contributed by atoms with Crippen molar-refractivity contribution in [3.05, 3.63) is 0 Å². The van der Waals surface area contributed by atoms with Crippen molar-refractivity contribution in [3.63, 3.8) is 0 Å². The van der Waals surface area contributed by atoms with Crippen LogP contribution in [0.15, 0.2) is 0 Å². The van der Waals surface area contributed by atoms with E-state index in [0.717, 1.165) is 35.5 Å². The van der Waals surface area contributed by atoms with E-state index in [4.69, 9.17) is 25.3 Å². The van der Waals surface area contributed by atoms with Crippen LogP contribution < -0.4 is 0 Å². The average molecular weight is 266 g/mol. The van der Waals surface area contributed by atoms with Crippen LogP contribution in [0.5, 0.6) is 0 Å². The first-order valence-electron chi connectivity index (χ1n) is 7.60. The van der Waals surface area contributed by atoms with Crippen LogP contribution >= 0.6 is 25.3 Å². The summed E-state index contributed by atoms with van der Waals surface area (Å²) >= 11 is 10.1. The second-order valence-electron chi connectivity index (χ2n) is 7.66. The van der Waals surface area contributed by atoms with Crippen LogP contribution in [0.4, 0.5) is 0 Å². The molecule has 0 aromatic heterocycles. The Kier molecular flexibility index (Phi) is 1.79. The lowest BCUT2D eigenvalue weighted by atomic mass is 9.48. The third-order valence-corrected chi connectivity index (χ3v) is 9.37. The van der Waals surface area contributed by atoms with Crippen LogP contribution in [0, 0.1) is 35.5 Å². The van der Waals surface area contributed by atoms with Gasteiger partial charge >= 0.3 is 0 Å². The van der Waals surface area contributed by atoms with E-state index in [-0.39, 0.29) is 0 Å². The lowest BCUT2D eigenvalue weighted by molar-refractivity contribution is -0.0788. The fourth-order valence-corrected chi connectivity index (χ4v) is 8.13. The minimum Gasteiger partial charge on any atom is -0.171 e. The summed E-state index contributed by atoms with van der Waals surface area (Å²) in [4.78, 5) is 0. The van der Waals surface area contributed by atoms with Crippen molar-refractivity contribution in [3.8, 4) is 0 Å². The van der Waals surface area contributed by atoms with E-state index >= 15 is 0 Å². The van der Waals surface area contributed by atoms with Gasteiger partial charge in [0.1, 0.15) is 0 Å². The fraction of sp³-hybridized carbons (Fsp3) is 1.00. The van der Waals surface area contributed by atoms with Gasteiger partial charge in [-0.3, -0.25) is 0 Å². The Morgan fingerprint density at radius 2 is 1.53 bits per heavy atom. The Bertz CT molecular complexity index is 394.